The van der Waals surface area contributed by atoms with Crippen LogP contribution in [0.4, 0.5) is 8.78 Å². The number of halogens is 2. The number of aromatic nitrogens is 2. The van der Waals surface area contributed by atoms with Crippen LogP contribution in [0.3, 0.4) is 0 Å². The number of hydrogen-bond acceptors (Lipinski definition) is 3. The Labute approximate surface area is 92.3 Å². The molecule has 1 heterocycles. The smallest absolute Gasteiger partial charge is 0.265 e. The molecule has 2 N–H and O–H groups in total. The Morgan fingerprint density at radius 1 is 1.56 bits per heavy atom. The highest BCUT2D eigenvalue weighted by Gasteiger charge is 2.25. The predicted octanol–water partition coefficient (Wildman–Crippen LogP) is 0.934. The van der Waals surface area contributed by atoms with E-state index in [1.54, 1.807) is 12.5 Å². The normalized spacial score (nSPS) is 18.0. The standard InChI is InChI=1S/C10H15F2N3O/c11-10(12)9(16)5-13-3-8-4-14-6-15(8)7-1-2-7/h4,6-7,9-10,13,16H,1-3,5H2. The molecule has 0 spiro atoms. The summed E-state index contributed by atoms with van der Waals surface area (Å²) in [5, 5.41) is 11.7. The second-order valence-corrected chi connectivity index (χ2v) is 4.06. The van der Waals surface area contributed by atoms with Crippen molar-refractivity contribution in [2.45, 2.75) is 38.0 Å². The van der Waals surface area contributed by atoms with Crippen LogP contribution in [0.15, 0.2) is 12.5 Å². The van der Waals surface area contributed by atoms with Crippen LogP contribution in [0.5, 0.6) is 0 Å². The fraction of sp³-hybridized carbons (Fsp3) is 0.700. The van der Waals surface area contributed by atoms with Gasteiger partial charge in [0.15, 0.2) is 0 Å². The highest BCUT2D eigenvalue weighted by molar-refractivity contribution is 5.03. The molecule has 16 heavy (non-hydrogen) atoms. The second-order valence-electron chi connectivity index (χ2n) is 4.06. The zero-order valence-corrected chi connectivity index (χ0v) is 8.81. The maximum Gasteiger partial charge on any atom is 0.265 e. The average molecular weight is 231 g/mol. The molecule has 1 fully saturated rings. The third-order valence-electron chi connectivity index (χ3n) is 2.64. The molecule has 2 rings (SSSR count). The van der Waals surface area contributed by atoms with Crippen molar-refractivity contribution in [3.05, 3.63) is 18.2 Å². The molecule has 1 atom stereocenters. The van der Waals surface area contributed by atoms with Gasteiger partial charge in [-0.25, -0.2) is 13.8 Å². The maximum atomic E-state index is 12.0. The summed E-state index contributed by atoms with van der Waals surface area (Å²) < 4.78 is 26.1. The molecule has 1 aromatic rings. The van der Waals surface area contributed by atoms with Crippen LogP contribution in [0.1, 0.15) is 24.6 Å². The number of alkyl halides is 2. The summed E-state index contributed by atoms with van der Waals surface area (Å²) in [6, 6.07) is 0.527. The predicted molar refractivity (Wildman–Crippen MR) is 54.2 cm³/mol. The minimum atomic E-state index is -2.69. The van der Waals surface area contributed by atoms with E-state index in [0.717, 1.165) is 18.5 Å². The van der Waals surface area contributed by atoms with E-state index in [4.69, 9.17) is 5.11 Å². The molecule has 1 unspecified atom stereocenters. The van der Waals surface area contributed by atoms with Gasteiger partial charge in [-0.05, 0) is 12.8 Å². The van der Waals surface area contributed by atoms with Crippen molar-refractivity contribution >= 4 is 0 Å². The first-order valence-electron chi connectivity index (χ1n) is 5.36. The molecule has 0 bridgehead atoms. The van der Waals surface area contributed by atoms with Crippen LogP contribution in [-0.4, -0.2) is 33.7 Å². The monoisotopic (exact) mass is 231 g/mol. The van der Waals surface area contributed by atoms with Crippen LogP contribution < -0.4 is 5.32 Å². The van der Waals surface area contributed by atoms with Gasteiger partial charge in [0, 0.05) is 25.3 Å². The van der Waals surface area contributed by atoms with Gasteiger partial charge in [0.05, 0.1) is 12.0 Å². The first-order chi connectivity index (χ1) is 7.68. The van der Waals surface area contributed by atoms with Crippen molar-refractivity contribution in [2.75, 3.05) is 6.54 Å². The van der Waals surface area contributed by atoms with E-state index in [-0.39, 0.29) is 6.54 Å². The molecular weight excluding hydrogens is 216 g/mol. The second kappa shape index (κ2) is 4.88. The lowest BCUT2D eigenvalue weighted by Crippen LogP contribution is -2.32. The number of aliphatic hydroxyl groups excluding tert-OH is 1. The fourth-order valence-corrected chi connectivity index (χ4v) is 1.59. The van der Waals surface area contributed by atoms with Crippen molar-refractivity contribution in [3.63, 3.8) is 0 Å². The van der Waals surface area contributed by atoms with Crippen LogP contribution in [0, 0.1) is 0 Å². The van der Waals surface area contributed by atoms with E-state index in [2.05, 4.69) is 14.9 Å². The van der Waals surface area contributed by atoms with Crippen molar-refractivity contribution in [1.29, 1.82) is 0 Å². The molecule has 4 nitrogen and oxygen atoms in total. The van der Waals surface area contributed by atoms with Gasteiger partial charge < -0.3 is 15.0 Å². The van der Waals surface area contributed by atoms with E-state index in [0.29, 0.717) is 12.6 Å². The Kier molecular flexibility index (Phi) is 3.50. The highest BCUT2D eigenvalue weighted by atomic mass is 19.3. The van der Waals surface area contributed by atoms with Crippen molar-refractivity contribution in [1.82, 2.24) is 14.9 Å². The van der Waals surface area contributed by atoms with E-state index < -0.39 is 12.5 Å². The first-order valence-corrected chi connectivity index (χ1v) is 5.36. The summed E-state index contributed by atoms with van der Waals surface area (Å²) in [5.41, 5.74) is 0.976. The SMILES string of the molecule is OC(CNCc1cncn1C1CC1)C(F)F. The number of aliphatic hydroxyl groups is 1. The lowest BCUT2D eigenvalue weighted by Gasteiger charge is -2.11. The van der Waals surface area contributed by atoms with Crippen LogP contribution in [0.2, 0.25) is 0 Å². The molecule has 0 radical (unpaired) electrons. The maximum absolute atomic E-state index is 12.0. The van der Waals surface area contributed by atoms with Gasteiger partial charge in [-0.2, -0.15) is 0 Å². The molecule has 1 saturated carbocycles. The number of nitrogens with one attached hydrogen (secondary N) is 1. The Balaban J connectivity index is 1.78. The van der Waals surface area contributed by atoms with Gasteiger partial charge >= 0.3 is 0 Å². The first kappa shape index (κ1) is 11.5. The number of imidazole rings is 1. The average Bonchev–Trinajstić information content (AvgIpc) is 2.99. The Bertz CT molecular complexity index is 339. The molecule has 0 amide bonds. The third kappa shape index (κ3) is 2.76. The van der Waals surface area contributed by atoms with Crippen LogP contribution in [0.25, 0.3) is 0 Å². The highest BCUT2D eigenvalue weighted by Crippen LogP contribution is 2.35. The largest absolute Gasteiger partial charge is 0.386 e. The quantitative estimate of drug-likeness (QED) is 0.766. The Hall–Kier alpha value is -1.01. The number of hydrogen-bond donors (Lipinski definition) is 2. The summed E-state index contributed by atoms with van der Waals surface area (Å²) in [5.74, 6) is 0. The molecule has 90 valence electrons. The summed E-state index contributed by atoms with van der Waals surface area (Å²) in [4.78, 5) is 4.03. The van der Waals surface area contributed by atoms with Gasteiger partial charge in [-0.15, -0.1) is 0 Å². The number of nitrogens with zero attached hydrogens (tertiary/aromatic N) is 2. The van der Waals surface area contributed by atoms with E-state index in [1.807, 2.05) is 0 Å². The van der Waals surface area contributed by atoms with Crippen molar-refractivity contribution in [2.24, 2.45) is 0 Å². The third-order valence-corrected chi connectivity index (χ3v) is 2.64. The molecule has 6 heteroatoms. The minimum absolute atomic E-state index is 0.104. The van der Waals surface area contributed by atoms with Gasteiger partial charge in [-0.1, -0.05) is 0 Å². The van der Waals surface area contributed by atoms with E-state index in [1.165, 1.54) is 0 Å². The van der Waals surface area contributed by atoms with Crippen molar-refractivity contribution < 1.29 is 13.9 Å². The van der Waals surface area contributed by atoms with Gasteiger partial charge in [0.25, 0.3) is 6.43 Å². The Morgan fingerprint density at radius 3 is 2.94 bits per heavy atom. The van der Waals surface area contributed by atoms with E-state index in [9.17, 15) is 8.78 Å². The lowest BCUT2D eigenvalue weighted by molar-refractivity contribution is -0.00347. The molecule has 0 aliphatic heterocycles. The molecule has 1 aromatic heterocycles. The minimum Gasteiger partial charge on any atom is -0.386 e. The lowest BCUT2D eigenvalue weighted by atomic mass is 10.3. The van der Waals surface area contributed by atoms with Gasteiger partial charge in [-0.3, -0.25) is 0 Å². The molecule has 1 aliphatic carbocycles. The van der Waals surface area contributed by atoms with Crippen molar-refractivity contribution in [3.8, 4) is 0 Å². The summed E-state index contributed by atoms with van der Waals surface area (Å²) in [7, 11) is 0. The molecular formula is C10H15F2N3O. The molecule has 1 aliphatic rings. The zero-order valence-electron chi connectivity index (χ0n) is 8.81. The summed E-state index contributed by atoms with van der Waals surface area (Å²) in [6.07, 6.45) is 1.50. The van der Waals surface area contributed by atoms with E-state index >= 15 is 0 Å². The van der Waals surface area contributed by atoms with Crippen LogP contribution >= 0.6 is 0 Å². The number of rotatable bonds is 6. The van der Waals surface area contributed by atoms with Gasteiger partial charge in [0.1, 0.15) is 6.10 Å². The topological polar surface area (TPSA) is 50.1 Å². The zero-order chi connectivity index (χ0) is 11.5. The van der Waals surface area contributed by atoms with Crippen LogP contribution in [-0.2, 0) is 6.54 Å². The molecule has 0 saturated heterocycles. The Morgan fingerprint density at radius 2 is 2.31 bits per heavy atom. The molecule has 0 aromatic carbocycles. The van der Waals surface area contributed by atoms with Gasteiger partial charge in [0.2, 0.25) is 0 Å². The fourth-order valence-electron chi connectivity index (χ4n) is 1.59. The summed E-state index contributed by atoms with van der Waals surface area (Å²) >= 11 is 0. The summed E-state index contributed by atoms with van der Waals surface area (Å²) in [6.45, 7) is 0.355.